The smallest absolute Gasteiger partial charge is 0.308 e. The van der Waals surface area contributed by atoms with Gasteiger partial charge < -0.3 is 4.74 Å². The summed E-state index contributed by atoms with van der Waals surface area (Å²) in [7, 11) is 0. The summed E-state index contributed by atoms with van der Waals surface area (Å²) in [5.41, 5.74) is 5.67. The Morgan fingerprint density at radius 1 is 0.800 bits per heavy atom. The van der Waals surface area contributed by atoms with E-state index in [9.17, 15) is 14.4 Å². The van der Waals surface area contributed by atoms with Crippen LogP contribution in [0, 0.1) is 0 Å². The van der Waals surface area contributed by atoms with Crippen LogP contribution in [0.3, 0.4) is 0 Å². The zero-order valence-electron chi connectivity index (χ0n) is 19.2. The van der Waals surface area contributed by atoms with Crippen molar-refractivity contribution >= 4 is 28.9 Å². The summed E-state index contributed by atoms with van der Waals surface area (Å²) in [6.07, 6.45) is 7.84. The monoisotopic (exact) mass is 458 g/mol. The van der Waals surface area contributed by atoms with Gasteiger partial charge in [0.15, 0.2) is 11.6 Å². The SMILES string of the molecule is CC(=O)OC1=C(/C=C/C(=C/C=C2\Cc3ccccc3C2=O)c2ccccc2)C(=O)c2ccccc21. The van der Waals surface area contributed by atoms with Gasteiger partial charge in [-0.05, 0) is 22.8 Å². The molecular formula is C31H22O4. The van der Waals surface area contributed by atoms with E-state index in [-0.39, 0.29) is 17.3 Å². The van der Waals surface area contributed by atoms with Crippen molar-refractivity contribution in [3.8, 4) is 0 Å². The summed E-state index contributed by atoms with van der Waals surface area (Å²) in [5.74, 6) is -0.380. The summed E-state index contributed by atoms with van der Waals surface area (Å²) in [6.45, 7) is 1.32. The van der Waals surface area contributed by atoms with E-state index in [0.717, 1.165) is 27.8 Å². The molecule has 3 aromatic rings. The topological polar surface area (TPSA) is 60.4 Å². The third kappa shape index (κ3) is 4.34. The molecule has 5 rings (SSSR count). The number of benzene rings is 3. The first-order chi connectivity index (χ1) is 17.0. The molecule has 170 valence electrons. The van der Waals surface area contributed by atoms with Gasteiger partial charge in [-0.25, -0.2) is 0 Å². The van der Waals surface area contributed by atoms with Gasteiger partial charge in [-0.1, -0.05) is 97.1 Å². The van der Waals surface area contributed by atoms with E-state index in [4.69, 9.17) is 4.74 Å². The lowest BCUT2D eigenvalue weighted by Crippen LogP contribution is -1.99. The maximum absolute atomic E-state index is 13.1. The number of carbonyl (C=O) groups is 3. The van der Waals surface area contributed by atoms with Crippen LogP contribution >= 0.6 is 0 Å². The Labute approximate surface area is 203 Å². The molecule has 0 unspecified atom stereocenters. The number of fused-ring (bicyclic) bond motifs is 2. The number of Topliss-reactive ketones (excluding diaryl/α,β-unsaturated/α-hetero) is 2. The maximum atomic E-state index is 13.1. The van der Waals surface area contributed by atoms with Crippen molar-refractivity contribution in [3.63, 3.8) is 0 Å². The molecule has 0 saturated heterocycles. The van der Waals surface area contributed by atoms with Crippen molar-refractivity contribution in [2.24, 2.45) is 0 Å². The standard InChI is InChI=1S/C31H22O4/c1-20(32)35-31-27-14-8-7-13-26(27)30(34)28(31)18-17-22(21-9-3-2-4-10-21)15-16-24-19-23-11-5-6-12-25(23)29(24)33/h2-18H,19H2,1H3/b18-17+,22-15-,24-16+. The number of esters is 1. The van der Waals surface area contributed by atoms with E-state index in [1.807, 2.05) is 72.8 Å². The summed E-state index contributed by atoms with van der Waals surface area (Å²) in [6, 6.07) is 24.5. The normalized spacial score (nSPS) is 16.3. The Bertz CT molecular complexity index is 1480. The Morgan fingerprint density at radius 3 is 2.17 bits per heavy atom. The van der Waals surface area contributed by atoms with Gasteiger partial charge in [0.2, 0.25) is 0 Å². The fraction of sp³-hybridized carbons (Fsp3) is 0.0645. The van der Waals surface area contributed by atoms with Crippen LogP contribution in [-0.2, 0) is 16.0 Å². The molecule has 3 aromatic carbocycles. The summed E-state index contributed by atoms with van der Waals surface area (Å²) in [4.78, 5) is 37.7. The molecule has 0 fully saturated rings. The minimum atomic E-state index is -0.488. The minimum absolute atomic E-state index is 0.0366. The lowest BCUT2D eigenvalue weighted by Gasteiger charge is -2.05. The van der Waals surface area contributed by atoms with Crippen molar-refractivity contribution in [2.75, 3.05) is 0 Å². The average molecular weight is 459 g/mol. The molecule has 0 radical (unpaired) electrons. The molecule has 0 N–H and O–H groups in total. The van der Waals surface area contributed by atoms with Gasteiger partial charge in [-0.3, -0.25) is 14.4 Å². The molecule has 2 aliphatic rings. The number of allylic oxidation sites excluding steroid dienone is 7. The minimum Gasteiger partial charge on any atom is -0.425 e. The van der Waals surface area contributed by atoms with Crippen LogP contribution < -0.4 is 0 Å². The van der Waals surface area contributed by atoms with E-state index < -0.39 is 5.97 Å². The van der Waals surface area contributed by atoms with Crippen molar-refractivity contribution in [1.82, 2.24) is 0 Å². The quantitative estimate of drug-likeness (QED) is 0.261. The molecule has 4 heteroatoms. The largest absolute Gasteiger partial charge is 0.425 e. The second-order valence-corrected chi connectivity index (χ2v) is 8.39. The fourth-order valence-corrected chi connectivity index (χ4v) is 4.41. The van der Waals surface area contributed by atoms with Crippen LogP contribution in [-0.4, -0.2) is 17.5 Å². The predicted octanol–water partition coefficient (Wildman–Crippen LogP) is 6.16. The Kier molecular flexibility index (Phi) is 5.94. The first kappa shape index (κ1) is 22.2. The average Bonchev–Trinajstić information content (AvgIpc) is 3.33. The van der Waals surface area contributed by atoms with E-state index in [1.165, 1.54) is 6.92 Å². The van der Waals surface area contributed by atoms with Crippen LogP contribution in [0.4, 0.5) is 0 Å². The highest BCUT2D eigenvalue weighted by Gasteiger charge is 2.30. The third-order valence-corrected chi connectivity index (χ3v) is 6.09. The summed E-state index contributed by atoms with van der Waals surface area (Å²) in [5, 5.41) is 0. The van der Waals surface area contributed by atoms with Gasteiger partial charge in [0.1, 0.15) is 5.76 Å². The lowest BCUT2D eigenvalue weighted by atomic mass is 10.0. The highest BCUT2D eigenvalue weighted by Crippen LogP contribution is 2.35. The molecule has 0 atom stereocenters. The fourth-order valence-electron chi connectivity index (χ4n) is 4.41. The molecule has 0 bridgehead atoms. The van der Waals surface area contributed by atoms with Gasteiger partial charge in [0, 0.05) is 35.6 Å². The lowest BCUT2D eigenvalue weighted by molar-refractivity contribution is -0.134. The van der Waals surface area contributed by atoms with E-state index >= 15 is 0 Å². The number of rotatable bonds is 5. The first-order valence-electron chi connectivity index (χ1n) is 11.4. The molecule has 0 amide bonds. The molecule has 2 aliphatic carbocycles. The van der Waals surface area contributed by atoms with Gasteiger partial charge in [0.25, 0.3) is 0 Å². The highest BCUT2D eigenvalue weighted by atomic mass is 16.5. The van der Waals surface area contributed by atoms with Crippen LogP contribution in [0.25, 0.3) is 11.3 Å². The zero-order valence-corrected chi connectivity index (χ0v) is 19.2. The molecule has 0 saturated carbocycles. The van der Waals surface area contributed by atoms with Crippen LogP contribution in [0.15, 0.2) is 114 Å². The van der Waals surface area contributed by atoms with Crippen LogP contribution in [0.2, 0.25) is 0 Å². The molecular weight excluding hydrogens is 436 g/mol. The predicted molar refractivity (Wildman–Crippen MR) is 136 cm³/mol. The number of hydrogen-bond acceptors (Lipinski definition) is 4. The molecule has 0 spiro atoms. The zero-order chi connectivity index (χ0) is 24.4. The summed E-state index contributed by atoms with van der Waals surface area (Å²) < 4.78 is 5.44. The summed E-state index contributed by atoms with van der Waals surface area (Å²) >= 11 is 0. The van der Waals surface area contributed by atoms with Crippen LogP contribution in [0.5, 0.6) is 0 Å². The molecule has 0 aliphatic heterocycles. The number of ketones is 2. The molecule has 4 nitrogen and oxygen atoms in total. The van der Waals surface area contributed by atoms with Crippen molar-refractivity contribution in [2.45, 2.75) is 13.3 Å². The Balaban J connectivity index is 1.54. The van der Waals surface area contributed by atoms with Crippen molar-refractivity contribution in [1.29, 1.82) is 0 Å². The van der Waals surface area contributed by atoms with Gasteiger partial charge in [-0.15, -0.1) is 0 Å². The van der Waals surface area contributed by atoms with E-state index in [0.29, 0.717) is 23.1 Å². The first-order valence-corrected chi connectivity index (χ1v) is 11.4. The van der Waals surface area contributed by atoms with Crippen molar-refractivity contribution in [3.05, 3.63) is 142 Å². The second kappa shape index (κ2) is 9.35. The van der Waals surface area contributed by atoms with Gasteiger partial charge >= 0.3 is 5.97 Å². The Hall–Kier alpha value is -4.57. The molecule has 0 aromatic heterocycles. The molecule has 0 heterocycles. The number of hydrogen-bond donors (Lipinski definition) is 0. The maximum Gasteiger partial charge on any atom is 0.308 e. The highest BCUT2D eigenvalue weighted by molar-refractivity contribution is 6.22. The Morgan fingerprint density at radius 2 is 1.46 bits per heavy atom. The van der Waals surface area contributed by atoms with Gasteiger partial charge in [0.05, 0.1) is 5.57 Å². The number of ether oxygens (including phenoxy) is 1. The molecule has 35 heavy (non-hydrogen) atoms. The van der Waals surface area contributed by atoms with Gasteiger partial charge in [-0.2, -0.15) is 0 Å². The van der Waals surface area contributed by atoms with E-state index in [2.05, 4.69) is 0 Å². The van der Waals surface area contributed by atoms with Crippen molar-refractivity contribution < 1.29 is 19.1 Å². The third-order valence-electron chi connectivity index (χ3n) is 6.09. The second-order valence-electron chi connectivity index (χ2n) is 8.39. The number of carbonyl (C=O) groups excluding carboxylic acids is 3. The van der Waals surface area contributed by atoms with E-state index in [1.54, 1.807) is 30.3 Å². The van der Waals surface area contributed by atoms with Crippen LogP contribution in [0.1, 0.15) is 44.3 Å².